The summed E-state index contributed by atoms with van der Waals surface area (Å²) in [6.45, 7) is 3.13. The molecule has 1 fully saturated rings. The summed E-state index contributed by atoms with van der Waals surface area (Å²) in [7, 11) is 0. The molecule has 0 bridgehead atoms. The molecule has 3 rings (SSSR count). The van der Waals surface area contributed by atoms with Crippen molar-refractivity contribution in [2.75, 3.05) is 13.1 Å². The van der Waals surface area contributed by atoms with Gasteiger partial charge in [0, 0.05) is 19.0 Å². The third-order valence-corrected chi connectivity index (χ3v) is 4.61. The van der Waals surface area contributed by atoms with Gasteiger partial charge in [-0.15, -0.1) is 11.3 Å². The molecule has 20 heavy (non-hydrogen) atoms. The van der Waals surface area contributed by atoms with Gasteiger partial charge in [0.2, 0.25) is 5.89 Å². The van der Waals surface area contributed by atoms with E-state index in [0.29, 0.717) is 29.7 Å². The number of halogens is 1. The highest BCUT2D eigenvalue weighted by atomic mass is 35.5. The Morgan fingerprint density at radius 2 is 2.25 bits per heavy atom. The first-order valence-electron chi connectivity index (χ1n) is 6.33. The maximum Gasteiger partial charge on any atom is 0.267 e. The smallest absolute Gasteiger partial charge is 0.267 e. The van der Waals surface area contributed by atoms with E-state index in [1.165, 1.54) is 11.3 Å². The van der Waals surface area contributed by atoms with Crippen LogP contribution in [0.25, 0.3) is 0 Å². The van der Waals surface area contributed by atoms with Gasteiger partial charge in [0.1, 0.15) is 4.88 Å². The van der Waals surface area contributed by atoms with E-state index in [1.807, 2.05) is 0 Å². The molecule has 106 valence electrons. The van der Waals surface area contributed by atoms with E-state index >= 15 is 0 Å². The van der Waals surface area contributed by atoms with Gasteiger partial charge in [-0.1, -0.05) is 16.8 Å². The van der Waals surface area contributed by atoms with Crippen molar-refractivity contribution in [3.05, 3.63) is 27.3 Å². The van der Waals surface area contributed by atoms with Crippen LogP contribution < -0.4 is 0 Å². The Labute approximate surface area is 124 Å². The molecule has 1 aliphatic heterocycles. The molecule has 2 aromatic rings. The molecule has 6 nitrogen and oxygen atoms in total. The summed E-state index contributed by atoms with van der Waals surface area (Å²) >= 11 is 7.18. The molecule has 0 saturated carbocycles. The quantitative estimate of drug-likeness (QED) is 0.852. The lowest BCUT2D eigenvalue weighted by atomic mass is 9.96. The Morgan fingerprint density at radius 1 is 1.50 bits per heavy atom. The molecule has 0 aromatic carbocycles. The van der Waals surface area contributed by atoms with E-state index in [9.17, 15) is 4.79 Å². The van der Waals surface area contributed by atoms with Crippen LogP contribution in [0, 0.1) is 6.92 Å². The van der Waals surface area contributed by atoms with Crippen LogP contribution in [0.5, 0.6) is 0 Å². The summed E-state index contributed by atoms with van der Waals surface area (Å²) < 4.78 is 5.20. The minimum Gasteiger partial charge on any atom is -0.339 e. The number of amides is 1. The Bertz CT molecular complexity index is 619. The first-order valence-corrected chi connectivity index (χ1v) is 7.59. The number of piperidine rings is 1. The lowest BCUT2D eigenvalue weighted by Crippen LogP contribution is -2.37. The lowest BCUT2D eigenvalue weighted by molar-refractivity contribution is 0.0709. The Hall–Kier alpha value is -1.47. The van der Waals surface area contributed by atoms with Crippen molar-refractivity contribution < 1.29 is 9.32 Å². The molecular formula is C12H13ClN4O2S. The summed E-state index contributed by atoms with van der Waals surface area (Å²) in [5, 5.41) is 4.09. The monoisotopic (exact) mass is 312 g/mol. The number of thiazole rings is 1. The van der Waals surface area contributed by atoms with Crippen LogP contribution in [0.15, 0.2) is 10.0 Å². The van der Waals surface area contributed by atoms with E-state index < -0.39 is 0 Å². The summed E-state index contributed by atoms with van der Waals surface area (Å²) in [6.07, 6.45) is 1.65. The molecule has 8 heteroatoms. The second-order valence-corrected chi connectivity index (χ2v) is 5.93. The van der Waals surface area contributed by atoms with E-state index in [1.54, 1.807) is 17.3 Å². The minimum atomic E-state index is -0.0438. The maximum absolute atomic E-state index is 12.3. The number of hydrogen-bond donors (Lipinski definition) is 0. The predicted octanol–water partition coefficient (Wildman–Crippen LogP) is 2.51. The molecule has 0 radical (unpaired) electrons. The SMILES string of the molecule is Cc1noc(C2CCN(C(=O)c3scnc3Cl)CC2)n1. The van der Waals surface area contributed by atoms with E-state index in [2.05, 4.69) is 15.1 Å². The van der Waals surface area contributed by atoms with Crippen LogP contribution in [0.4, 0.5) is 0 Å². The number of aromatic nitrogens is 3. The van der Waals surface area contributed by atoms with Crippen molar-refractivity contribution in [3.63, 3.8) is 0 Å². The van der Waals surface area contributed by atoms with Gasteiger partial charge in [-0.05, 0) is 19.8 Å². The molecule has 0 unspecified atom stereocenters. The molecular weight excluding hydrogens is 300 g/mol. The summed E-state index contributed by atoms with van der Waals surface area (Å²) in [6, 6.07) is 0. The zero-order valence-electron chi connectivity index (χ0n) is 10.9. The second-order valence-electron chi connectivity index (χ2n) is 4.72. The number of carbonyl (C=O) groups excluding carboxylic acids is 1. The van der Waals surface area contributed by atoms with Crippen LogP contribution in [0.2, 0.25) is 5.15 Å². The summed E-state index contributed by atoms with van der Waals surface area (Å²) in [5.41, 5.74) is 1.59. The van der Waals surface area contributed by atoms with Gasteiger partial charge in [-0.3, -0.25) is 4.79 Å². The van der Waals surface area contributed by atoms with Gasteiger partial charge >= 0.3 is 0 Å². The Kier molecular flexibility index (Phi) is 3.71. The van der Waals surface area contributed by atoms with Crippen LogP contribution in [0.3, 0.4) is 0 Å². The largest absolute Gasteiger partial charge is 0.339 e. The van der Waals surface area contributed by atoms with Crippen molar-refractivity contribution >= 4 is 28.8 Å². The number of hydrogen-bond acceptors (Lipinski definition) is 6. The maximum atomic E-state index is 12.3. The second kappa shape index (κ2) is 5.49. The van der Waals surface area contributed by atoms with Crippen molar-refractivity contribution in [2.45, 2.75) is 25.7 Å². The molecule has 0 aliphatic carbocycles. The van der Waals surface area contributed by atoms with E-state index in [-0.39, 0.29) is 17.0 Å². The summed E-state index contributed by atoms with van der Waals surface area (Å²) in [4.78, 5) is 22.8. The van der Waals surface area contributed by atoms with Gasteiger partial charge in [0.15, 0.2) is 11.0 Å². The van der Waals surface area contributed by atoms with Gasteiger partial charge in [0.05, 0.1) is 5.51 Å². The fraction of sp³-hybridized carbons (Fsp3) is 0.500. The predicted molar refractivity (Wildman–Crippen MR) is 74.0 cm³/mol. The zero-order valence-corrected chi connectivity index (χ0v) is 12.4. The number of rotatable bonds is 2. The van der Waals surface area contributed by atoms with Crippen LogP contribution in [-0.2, 0) is 0 Å². The number of likely N-dealkylation sites (tertiary alicyclic amines) is 1. The standard InChI is InChI=1S/C12H13ClN4O2S/c1-7-15-11(19-16-7)8-2-4-17(5-3-8)12(18)9-10(13)14-6-20-9/h6,8H,2-5H2,1H3. The topological polar surface area (TPSA) is 72.1 Å². The summed E-state index contributed by atoms with van der Waals surface area (Å²) in [5.74, 6) is 1.51. The van der Waals surface area contributed by atoms with E-state index in [4.69, 9.17) is 16.1 Å². The average molecular weight is 313 g/mol. The third-order valence-electron chi connectivity index (χ3n) is 3.39. The molecule has 0 atom stereocenters. The molecule has 1 aliphatic rings. The van der Waals surface area contributed by atoms with Crippen molar-refractivity contribution in [1.29, 1.82) is 0 Å². The fourth-order valence-electron chi connectivity index (χ4n) is 2.32. The number of aryl methyl sites for hydroxylation is 1. The van der Waals surface area contributed by atoms with Crippen LogP contribution in [0.1, 0.15) is 40.1 Å². The molecule has 0 N–H and O–H groups in total. The van der Waals surface area contributed by atoms with Crippen molar-refractivity contribution in [2.24, 2.45) is 0 Å². The molecule has 1 saturated heterocycles. The molecule has 0 spiro atoms. The highest BCUT2D eigenvalue weighted by Crippen LogP contribution is 2.29. The van der Waals surface area contributed by atoms with Gasteiger partial charge in [-0.2, -0.15) is 4.98 Å². The molecule has 3 heterocycles. The van der Waals surface area contributed by atoms with Gasteiger partial charge < -0.3 is 9.42 Å². The Morgan fingerprint density at radius 3 is 2.80 bits per heavy atom. The first-order chi connectivity index (χ1) is 9.65. The number of nitrogens with zero attached hydrogens (tertiary/aromatic N) is 4. The average Bonchev–Trinajstić information content (AvgIpc) is 3.07. The zero-order chi connectivity index (χ0) is 14.1. The lowest BCUT2D eigenvalue weighted by Gasteiger charge is -2.30. The highest BCUT2D eigenvalue weighted by Gasteiger charge is 2.29. The highest BCUT2D eigenvalue weighted by molar-refractivity contribution is 7.12. The van der Waals surface area contributed by atoms with Gasteiger partial charge in [-0.25, -0.2) is 4.98 Å². The van der Waals surface area contributed by atoms with Gasteiger partial charge in [0.25, 0.3) is 5.91 Å². The normalized spacial score (nSPS) is 16.6. The Balaban J connectivity index is 1.64. The minimum absolute atomic E-state index is 0.0438. The third kappa shape index (κ3) is 2.55. The number of carbonyl (C=O) groups is 1. The fourth-order valence-corrected chi connectivity index (χ4v) is 3.29. The van der Waals surface area contributed by atoms with E-state index in [0.717, 1.165) is 12.8 Å². The van der Waals surface area contributed by atoms with Crippen molar-refractivity contribution in [3.8, 4) is 0 Å². The van der Waals surface area contributed by atoms with Crippen molar-refractivity contribution in [1.82, 2.24) is 20.0 Å². The molecule has 1 amide bonds. The first kappa shape index (κ1) is 13.5. The van der Waals surface area contributed by atoms with Crippen LogP contribution >= 0.6 is 22.9 Å². The van der Waals surface area contributed by atoms with Crippen LogP contribution in [-0.4, -0.2) is 39.0 Å². The molecule has 2 aromatic heterocycles.